The van der Waals surface area contributed by atoms with Crippen molar-refractivity contribution in [3.63, 3.8) is 0 Å². The standard InChI is InChI=1S/C13H14F3N3O2/c1-2-19(9-3-8-17)12(20)18-10-4-6-11(7-5-10)21-13(14,15)16/h4-7H,2-3,9H2,1H3,(H,18,20). The minimum atomic E-state index is -4.75. The molecule has 0 saturated heterocycles. The number of amides is 2. The fraction of sp³-hybridized carbons (Fsp3) is 0.385. The van der Waals surface area contributed by atoms with E-state index in [1.807, 2.05) is 6.07 Å². The molecule has 0 unspecified atom stereocenters. The van der Waals surface area contributed by atoms with Crippen molar-refractivity contribution in [2.45, 2.75) is 19.7 Å². The van der Waals surface area contributed by atoms with Gasteiger partial charge in [0, 0.05) is 18.8 Å². The number of anilines is 1. The topological polar surface area (TPSA) is 65.4 Å². The van der Waals surface area contributed by atoms with E-state index in [0.29, 0.717) is 12.2 Å². The molecule has 5 nitrogen and oxygen atoms in total. The number of halogens is 3. The first-order valence-electron chi connectivity index (χ1n) is 6.14. The van der Waals surface area contributed by atoms with Gasteiger partial charge in [0.05, 0.1) is 12.5 Å². The summed E-state index contributed by atoms with van der Waals surface area (Å²) >= 11 is 0. The number of ether oxygens (including phenoxy) is 1. The molecular weight excluding hydrogens is 287 g/mol. The molecule has 0 aromatic heterocycles. The molecule has 0 aliphatic carbocycles. The van der Waals surface area contributed by atoms with Crippen LogP contribution >= 0.6 is 0 Å². The van der Waals surface area contributed by atoms with Gasteiger partial charge in [-0.1, -0.05) is 0 Å². The molecule has 0 aliphatic rings. The van der Waals surface area contributed by atoms with Gasteiger partial charge in [0.1, 0.15) is 5.75 Å². The maximum absolute atomic E-state index is 12.0. The van der Waals surface area contributed by atoms with Gasteiger partial charge in [0.25, 0.3) is 0 Å². The molecule has 0 bridgehead atoms. The lowest BCUT2D eigenvalue weighted by Crippen LogP contribution is -2.35. The molecule has 114 valence electrons. The average molecular weight is 301 g/mol. The predicted molar refractivity (Wildman–Crippen MR) is 69.6 cm³/mol. The van der Waals surface area contributed by atoms with E-state index in [2.05, 4.69) is 10.1 Å². The Morgan fingerprint density at radius 1 is 1.38 bits per heavy atom. The summed E-state index contributed by atoms with van der Waals surface area (Å²) in [6.07, 6.45) is -4.54. The van der Waals surface area contributed by atoms with Gasteiger partial charge in [-0.05, 0) is 31.2 Å². The van der Waals surface area contributed by atoms with Gasteiger partial charge in [-0.15, -0.1) is 13.2 Å². The number of nitrogens with one attached hydrogen (secondary N) is 1. The zero-order chi connectivity index (χ0) is 15.9. The van der Waals surface area contributed by atoms with Gasteiger partial charge in [-0.25, -0.2) is 4.79 Å². The SMILES string of the molecule is CCN(CCC#N)C(=O)Nc1ccc(OC(F)(F)F)cc1. The van der Waals surface area contributed by atoms with Crippen LogP contribution in [0.15, 0.2) is 24.3 Å². The van der Waals surface area contributed by atoms with E-state index in [-0.39, 0.29) is 18.7 Å². The molecule has 21 heavy (non-hydrogen) atoms. The molecule has 0 heterocycles. The molecule has 0 aliphatic heterocycles. The van der Waals surface area contributed by atoms with Crippen LogP contribution in [-0.4, -0.2) is 30.4 Å². The third-order valence-electron chi connectivity index (χ3n) is 2.50. The van der Waals surface area contributed by atoms with Crippen molar-refractivity contribution in [1.82, 2.24) is 4.90 Å². The van der Waals surface area contributed by atoms with E-state index in [9.17, 15) is 18.0 Å². The minimum Gasteiger partial charge on any atom is -0.406 e. The maximum atomic E-state index is 12.0. The van der Waals surface area contributed by atoms with Gasteiger partial charge in [-0.3, -0.25) is 0 Å². The highest BCUT2D eigenvalue weighted by molar-refractivity contribution is 5.89. The Labute approximate surface area is 119 Å². The van der Waals surface area contributed by atoms with E-state index in [4.69, 9.17) is 5.26 Å². The molecule has 8 heteroatoms. The Kier molecular flexibility index (Phi) is 5.84. The molecule has 0 atom stereocenters. The number of carbonyl (C=O) groups is 1. The van der Waals surface area contributed by atoms with Crippen LogP contribution in [0.25, 0.3) is 0 Å². The zero-order valence-electron chi connectivity index (χ0n) is 11.3. The molecule has 1 N–H and O–H groups in total. The molecule has 0 spiro atoms. The van der Waals surface area contributed by atoms with Gasteiger partial charge < -0.3 is 15.0 Å². The van der Waals surface area contributed by atoms with Gasteiger partial charge >= 0.3 is 12.4 Å². The number of nitrogens with zero attached hydrogens (tertiary/aromatic N) is 2. The molecule has 0 fully saturated rings. The normalized spacial score (nSPS) is 10.6. The fourth-order valence-electron chi connectivity index (χ4n) is 1.53. The zero-order valence-corrected chi connectivity index (χ0v) is 11.3. The Bertz CT molecular complexity index is 509. The minimum absolute atomic E-state index is 0.208. The van der Waals surface area contributed by atoms with E-state index < -0.39 is 12.4 Å². The lowest BCUT2D eigenvalue weighted by atomic mass is 10.3. The summed E-state index contributed by atoms with van der Waals surface area (Å²) in [5.74, 6) is -0.364. The van der Waals surface area contributed by atoms with Crippen molar-refractivity contribution in [2.24, 2.45) is 0 Å². The number of alkyl halides is 3. The second-order valence-electron chi connectivity index (χ2n) is 3.99. The summed E-state index contributed by atoms with van der Waals surface area (Å²) in [6, 6.07) is 6.33. The van der Waals surface area contributed by atoms with E-state index >= 15 is 0 Å². The highest BCUT2D eigenvalue weighted by atomic mass is 19.4. The quantitative estimate of drug-likeness (QED) is 0.907. The second kappa shape index (κ2) is 7.38. The lowest BCUT2D eigenvalue weighted by Gasteiger charge is -2.20. The summed E-state index contributed by atoms with van der Waals surface area (Å²) in [4.78, 5) is 13.3. The van der Waals surface area contributed by atoms with Crippen LogP contribution in [0.1, 0.15) is 13.3 Å². The van der Waals surface area contributed by atoms with Crippen molar-refractivity contribution >= 4 is 11.7 Å². The van der Waals surface area contributed by atoms with E-state index in [1.165, 1.54) is 17.0 Å². The van der Waals surface area contributed by atoms with E-state index in [0.717, 1.165) is 12.1 Å². The highest BCUT2D eigenvalue weighted by Crippen LogP contribution is 2.24. The van der Waals surface area contributed by atoms with Crippen LogP contribution in [0, 0.1) is 11.3 Å². The Morgan fingerprint density at radius 3 is 2.48 bits per heavy atom. The number of benzene rings is 1. The number of hydrogen-bond donors (Lipinski definition) is 1. The van der Waals surface area contributed by atoms with Gasteiger partial charge in [0.2, 0.25) is 0 Å². The van der Waals surface area contributed by atoms with Gasteiger partial charge in [0.15, 0.2) is 0 Å². The van der Waals surface area contributed by atoms with Crippen LogP contribution in [0.3, 0.4) is 0 Å². The molecule has 1 rings (SSSR count). The van der Waals surface area contributed by atoms with Crippen LogP contribution in [0.2, 0.25) is 0 Å². The summed E-state index contributed by atoms with van der Waals surface area (Å²) in [6.45, 7) is 2.47. The number of hydrogen-bond acceptors (Lipinski definition) is 3. The summed E-state index contributed by atoms with van der Waals surface area (Å²) in [5.41, 5.74) is 0.338. The van der Waals surface area contributed by atoms with Gasteiger partial charge in [-0.2, -0.15) is 5.26 Å². The third-order valence-corrected chi connectivity index (χ3v) is 2.50. The highest BCUT2D eigenvalue weighted by Gasteiger charge is 2.30. The van der Waals surface area contributed by atoms with E-state index in [1.54, 1.807) is 6.92 Å². The molecule has 0 saturated carbocycles. The van der Waals surface area contributed by atoms with Crippen molar-refractivity contribution in [3.05, 3.63) is 24.3 Å². The van der Waals surface area contributed by atoms with Crippen LogP contribution < -0.4 is 10.1 Å². The Morgan fingerprint density at radius 2 is 2.00 bits per heavy atom. The van der Waals surface area contributed by atoms with Crippen molar-refractivity contribution in [2.75, 3.05) is 18.4 Å². The monoisotopic (exact) mass is 301 g/mol. The smallest absolute Gasteiger partial charge is 0.406 e. The lowest BCUT2D eigenvalue weighted by molar-refractivity contribution is -0.274. The van der Waals surface area contributed by atoms with Crippen LogP contribution in [0.5, 0.6) is 5.75 Å². The largest absolute Gasteiger partial charge is 0.573 e. The molecule has 1 aromatic rings. The van der Waals surface area contributed by atoms with Crippen molar-refractivity contribution < 1.29 is 22.7 Å². The predicted octanol–water partition coefficient (Wildman–Crippen LogP) is 3.35. The maximum Gasteiger partial charge on any atom is 0.573 e. The summed E-state index contributed by atoms with van der Waals surface area (Å²) in [7, 11) is 0. The number of urea groups is 1. The first-order chi connectivity index (χ1) is 9.85. The average Bonchev–Trinajstić information content (AvgIpc) is 2.40. The van der Waals surface area contributed by atoms with Crippen molar-refractivity contribution in [3.8, 4) is 11.8 Å². The first-order valence-corrected chi connectivity index (χ1v) is 6.14. The number of carbonyl (C=O) groups excluding carboxylic acids is 1. The summed E-state index contributed by atoms with van der Waals surface area (Å²) in [5, 5.41) is 11.0. The number of nitriles is 1. The number of rotatable bonds is 5. The fourth-order valence-corrected chi connectivity index (χ4v) is 1.53. The Balaban J connectivity index is 2.62. The third kappa shape index (κ3) is 6.03. The molecule has 1 aromatic carbocycles. The Hall–Kier alpha value is -2.43. The van der Waals surface area contributed by atoms with Crippen LogP contribution in [0.4, 0.5) is 23.7 Å². The molecule has 2 amide bonds. The second-order valence-corrected chi connectivity index (χ2v) is 3.99. The van der Waals surface area contributed by atoms with Crippen molar-refractivity contribution in [1.29, 1.82) is 5.26 Å². The molecule has 0 radical (unpaired) electrons. The first kappa shape index (κ1) is 16.6. The summed E-state index contributed by atoms with van der Waals surface area (Å²) < 4.78 is 39.7. The van der Waals surface area contributed by atoms with Crippen LogP contribution in [-0.2, 0) is 0 Å². The molecular formula is C13H14F3N3O2.